The molecule has 0 bridgehead atoms. The van der Waals surface area contributed by atoms with Crippen molar-refractivity contribution in [3.63, 3.8) is 0 Å². The third-order valence-electron chi connectivity index (χ3n) is 5.89. The Bertz CT molecular complexity index is 1390. The molecular formula is C26H28N4O5S. The fourth-order valence-corrected chi connectivity index (χ4v) is 5.14. The van der Waals surface area contributed by atoms with Crippen LogP contribution in [0, 0.1) is 0 Å². The SMILES string of the molecule is CNC(=O)N1N=C(c2ccc(NS(=O)(=O)c3ccccc3)cc2)c2cc(OC)c(OC)cc2CC1C. The average Bonchev–Trinajstić information content (AvgIpc) is 3.03. The number of fused-ring (bicyclic) bond motifs is 1. The van der Waals surface area contributed by atoms with Gasteiger partial charge in [-0.3, -0.25) is 4.72 Å². The maximum Gasteiger partial charge on any atom is 0.337 e. The number of amides is 2. The summed E-state index contributed by atoms with van der Waals surface area (Å²) >= 11 is 0. The van der Waals surface area contributed by atoms with E-state index in [1.165, 1.54) is 17.1 Å². The fourth-order valence-electron chi connectivity index (χ4n) is 4.06. The second-order valence-corrected chi connectivity index (χ2v) is 9.94. The van der Waals surface area contributed by atoms with Crippen LogP contribution in [0.25, 0.3) is 0 Å². The van der Waals surface area contributed by atoms with Crippen LogP contribution < -0.4 is 19.5 Å². The van der Waals surface area contributed by atoms with Crippen LogP contribution in [0.15, 0.2) is 76.7 Å². The minimum Gasteiger partial charge on any atom is -0.493 e. The van der Waals surface area contributed by atoms with Gasteiger partial charge in [0.1, 0.15) is 0 Å². The Hall–Kier alpha value is -4.05. The lowest BCUT2D eigenvalue weighted by atomic mass is 9.94. The lowest BCUT2D eigenvalue weighted by Crippen LogP contribution is -2.41. The first-order valence-corrected chi connectivity index (χ1v) is 12.8. The van der Waals surface area contributed by atoms with Gasteiger partial charge in [-0.05, 0) is 55.3 Å². The molecule has 2 N–H and O–H groups in total. The molecular weight excluding hydrogens is 480 g/mol. The number of rotatable bonds is 6. The number of benzene rings is 3. The van der Waals surface area contributed by atoms with Gasteiger partial charge in [-0.15, -0.1) is 0 Å². The van der Waals surface area contributed by atoms with Crippen molar-refractivity contribution < 1.29 is 22.7 Å². The zero-order valence-corrected chi connectivity index (χ0v) is 21.3. The Morgan fingerprint density at radius 1 is 1.00 bits per heavy atom. The quantitative estimate of drug-likeness (QED) is 0.526. The number of ether oxygens (including phenoxy) is 2. The Morgan fingerprint density at radius 2 is 1.64 bits per heavy atom. The molecule has 4 rings (SSSR count). The summed E-state index contributed by atoms with van der Waals surface area (Å²) in [4.78, 5) is 12.8. The van der Waals surface area contributed by atoms with Gasteiger partial charge in [0.25, 0.3) is 10.0 Å². The third kappa shape index (κ3) is 4.99. The van der Waals surface area contributed by atoms with Crippen molar-refractivity contribution in [1.29, 1.82) is 0 Å². The van der Waals surface area contributed by atoms with Crippen LogP contribution in [0.1, 0.15) is 23.6 Å². The monoisotopic (exact) mass is 508 g/mol. The maximum absolute atomic E-state index is 12.7. The van der Waals surface area contributed by atoms with Gasteiger partial charge in [0, 0.05) is 23.9 Å². The second kappa shape index (κ2) is 10.3. The summed E-state index contributed by atoms with van der Waals surface area (Å²) < 4.78 is 39.0. The molecule has 0 saturated carbocycles. The van der Waals surface area contributed by atoms with Crippen molar-refractivity contribution in [2.45, 2.75) is 24.3 Å². The van der Waals surface area contributed by atoms with Gasteiger partial charge in [-0.25, -0.2) is 18.2 Å². The molecule has 1 heterocycles. The molecule has 0 spiro atoms. The van der Waals surface area contributed by atoms with Gasteiger partial charge in [0.05, 0.1) is 30.9 Å². The van der Waals surface area contributed by atoms with Crippen molar-refractivity contribution in [2.24, 2.45) is 5.10 Å². The summed E-state index contributed by atoms with van der Waals surface area (Å²) in [6.07, 6.45) is 0.547. The smallest absolute Gasteiger partial charge is 0.337 e. The van der Waals surface area contributed by atoms with Crippen LogP contribution in [0.4, 0.5) is 10.5 Å². The van der Waals surface area contributed by atoms with Crippen molar-refractivity contribution in [3.8, 4) is 11.5 Å². The van der Waals surface area contributed by atoms with E-state index in [9.17, 15) is 13.2 Å². The average molecular weight is 509 g/mol. The minimum atomic E-state index is -3.72. The van der Waals surface area contributed by atoms with Crippen molar-refractivity contribution in [1.82, 2.24) is 10.3 Å². The van der Waals surface area contributed by atoms with E-state index in [1.807, 2.05) is 19.1 Å². The van der Waals surface area contributed by atoms with Gasteiger partial charge >= 0.3 is 6.03 Å². The highest BCUT2D eigenvalue weighted by atomic mass is 32.2. The number of methoxy groups -OCH3 is 2. The van der Waals surface area contributed by atoms with Crippen LogP contribution >= 0.6 is 0 Å². The molecule has 9 nitrogen and oxygen atoms in total. The summed E-state index contributed by atoms with van der Waals surface area (Å²) in [6.45, 7) is 1.92. The first kappa shape index (κ1) is 25.1. The standard InChI is InChI=1S/C26H28N4O5S/c1-17-14-19-15-23(34-3)24(35-4)16-22(19)25(28-30(17)26(31)27-2)18-10-12-20(13-11-18)29-36(32,33)21-8-6-5-7-9-21/h5-13,15-17,29H,14H2,1-4H3,(H,27,31). The first-order valence-electron chi connectivity index (χ1n) is 11.3. The van der Waals surface area contributed by atoms with E-state index in [-0.39, 0.29) is 17.0 Å². The lowest BCUT2D eigenvalue weighted by Gasteiger charge is -2.22. The highest BCUT2D eigenvalue weighted by Gasteiger charge is 2.28. The highest BCUT2D eigenvalue weighted by Crippen LogP contribution is 2.34. The number of carbonyl (C=O) groups is 1. The Kier molecular flexibility index (Phi) is 7.16. The Morgan fingerprint density at radius 3 is 2.25 bits per heavy atom. The molecule has 10 heteroatoms. The predicted molar refractivity (Wildman–Crippen MR) is 138 cm³/mol. The third-order valence-corrected chi connectivity index (χ3v) is 7.29. The zero-order chi connectivity index (χ0) is 25.9. The molecule has 1 aliphatic rings. The van der Waals surface area contributed by atoms with Crippen molar-refractivity contribution in [2.75, 3.05) is 26.0 Å². The molecule has 0 radical (unpaired) electrons. The predicted octanol–water partition coefficient (Wildman–Crippen LogP) is 3.84. The largest absolute Gasteiger partial charge is 0.493 e. The maximum atomic E-state index is 12.7. The molecule has 0 fully saturated rings. The molecule has 1 aliphatic heterocycles. The second-order valence-electron chi connectivity index (χ2n) is 8.26. The van der Waals surface area contributed by atoms with Crippen molar-refractivity contribution >= 4 is 27.5 Å². The van der Waals surface area contributed by atoms with E-state index in [0.717, 1.165) is 11.1 Å². The van der Waals surface area contributed by atoms with E-state index in [2.05, 4.69) is 10.0 Å². The number of hydrogen-bond donors (Lipinski definition) is 2. The molecule has 3 aromatic carbocycles. The fraction of sp³-hybridized carbons (Fsp3) is 0.231. The molecule has 0 saturated heterocycles. The normalized spacial score (nSPS) is 15.3. The number of hydrazone groups is 1. The Balaban J connectivity index is 1.76. The van der Waals surface area contributed by atoms with Gasteiger partial charge < -0.3 is 14.8 Å². The van der Waals surface area contributed by atoms with E-state index < -0.39 is 10.0 Å². The molecule has 36 heavy (non-hydrogen) atoms. The van der Waals surface area contributed by atoms with Crippen LogP contribution in [-0.2, 0) is 16.4 Å². The molecule has 1 unspecified atom stereocenters. The molecule has 2 amide bonds. The van der Waals surface area contributed by atoms with Gasteiger partial charge in [0.15, 0.2) is 11.5 Å². The summed E-state index contributed by atoms with van der Waals surface area (Å²) in [5.74, 6) is 1.12. The van der Waals surface area contributed by atoms with E-state index in [0.29, 0.717) is 34.9 Å². The lowest BCUT2D eigenvalue weighted by molar-refractivity contribution is 0.184. The number of anilines is 1. The molecule has 0 aliphatic carbocycles. The number of carbonyl (C=O) groups excluding carboxylic acids is 1. The van der Waals surface area contributed by atoms with E-state index in [4.69, 9.17) is 14.6 Å². The van der Waals surface area contributed by atoms with Crippen LogP contribution in [0.3, 0.4) is 0 Å². The van der Waals surface area contributed by atoms with Crippen LogP contribution in [0.2, 0.25) is 0 Å². The number of nitrogens with zero attached hydrogens (tertiary/aromatic N) is 2. The summed E-state index contributed by atoms with van der Waals surface area (Å²) in [5.41, 5.74) is 3.40. The summed E-state index contributed by atoms with van der Waals surface area (Å²) in [5, 5.41) is 8.78. The van der Waals surface area contributed by atoms with Gasteiger partial charge in [-0.1, -0.05) is 30.3 Å². The van der Waals surface area contributed by atoms with Crippen LogP contribution in [-0.4, -0.2) is 52.5 Å². The number of hydrogen-bond acceptors (Lipinski definition) is 6. The molecule has 3 aromatic rings. The number of nitrogens with one attached hydrogen (secondary N) is 2. The summed E-state index contributed by atoms with van der Waals surface area (Å²) in [7, 11) is 0.968. The van der Waals surface area contributed by atoms with Crippen LogP contribution in [0.5, 0.6) is 11.5 Å². The number of sulfonamides is 1. The minimum absolute atomic E-state index is 0.174. The number of urea groups is 1. The van der Waals surface area contributed by atoms with Gasteiger partial charge in [-0.2, -0.15) is 5.10 Å². The van der Waals surface area contributed by atoms with E-state index in [1.54, 1.807) is 63.7 Å². The van der Waals surface area contributed by atoms with Crippen molar-refractivity contribution in [3.05, 3.63) is 83.4 Å². The Labute approximate surface area is 210 Å². The van der Waals surface area contributed by atoms with E-state index >= 15 is 0 Å². The topological polar surface area (TPSA) is 109 Å². The van der Waals surface area contributed by atoms with Gasteiger partial charge in [0.2, 0.25) is 0 Å². The molecule has 0 aromatic heterocycles. The highest BCUT2D eigenvalue weighted by molar-refractivity contribution is 7.92. The summed E-state index contributed by atoms with van der Waals surface area (Å²) in [6, 6.07) is 18.2. The molecule has 188 valence electrons. The molecule has 1 atom stereocenters. The first-order chi connectivity index (χ1) is 17.3. The zero-order valence-electron chi connectivity index (χ0n) is 20.5.